The minimum absolute atomic E-state index is 0.121. The zero-order valence-corrected chi connectivity index (χ0v) is 18.6. The van der Waals surface area contributed by atoms with Crippen molar-refractivity contribution in [1.29, 1.82) is 0 Å². The van der Waals surface area contributed by atoms with E-state index in [9.17, 15) is 9.90 Å². The molecule has 0 saturated heterocycles. The minimum atomic E-state index is -0.423. The molecule has 0 aliphatic rings. The highest BCUT2D eigenvalue weighted by Crippen LogP contribution is 2.28. The number of hydrogen-bond acceptors (Lipinski definition) is 4. The van der Waals surface area contributed by atoms with Crippen molar-refractivity contribution in [3.05, 3.63) is 52.5 Å². The van der Waals surface area contributed by atoms with Crippen molar-refractivity contribution < 1.29 is 14.6 Å². The van der Waals surface area contributed by atoms with Gasteiger partial charge < -0.3 is 9.84 Å². The van der Waals surface area contributed by atoms with Gasteiger partial charge >= 0.3 is 0 Å². The molecule has 9 heteroatoms. The maximum absolute atomic E-state index is 11.7. The molecule has 2 aromatic rings. The van der Waals surface area contributed by atoms with Gasteiger partial charge in [0.25, 0.3) is 5.91 Å². The first-order valence-electron chi connectivity index (χ1n) is 6.44. The number of hydrogen-bond donors (Lipinski definition) is 2. The molecule has 0 radical (unpaired) electrons. The number of rotatable bonds is 5. The molecule has 0 fully saturated rings. The van der Waals surface area contributed by atoms with E-state index in [0.717, 1.165) is 3.57 Å². The molecule has 2 N–H and O–H groups in total. The second kappa shape index (κ2) is 9.20. The Morgan fingerprint density at radius 3 is 2.83 bits per heavy atom. The quantitative estimate of drug-likeness (QED) is 0.288. The maximum Gasteiger partial charge on any atom is 0.277 e. The SMILES string of the molecule is O=C(COc1ccc(Cl)cc1Br)N/N=C/c1cc(I)cc(I)c1O. The first-order chi connectivity index (χ1) is 11.4. The number of aromatic hydroxyl groups is 1. The van der Waals surface area contributed by atoms with E-state index in [1.54, 1.807) is 24.3 Å². The van der Waals surface area contributed by atoms with Crippen molar-refractivity contribution in [2.45, 2.75) is 0 Å². The molecule has 0 spiro atoms. The summed E-state index contributed by atoms with van der Waals surface area (Å²) >= 11 is 13.3. The lowest BCUT2D eigenvalue weighted by Crippen LogP contribution is -2.24. The second-order valence-electron chi connectivity index (χ2n) is 4.48. The molecular weight excluding hydrogens is 625 g/mol. The summed E-state index contributed by atoms with van der Waals surface area (Å²) in [6.45, 7) is -0.201. The van der Waals surface area contributed by atoms with Crippen LogP contribution in [0.5, 0.6) is 11.5 Å². The van der Waals surface area contributed by atoms with E-state index in [-0.39, 0.29) is 12.4 Å². The van der Waals surface area contributed by atoms with E-state index in [0.29, 0.717) is 24.4 Å². The number of phenolic OH excluding ortho intramolecular Hbond substituents is 1. The van der Waals surface area contributed by atoms with Crippen LogP contribution in [0.3, 0.4) is 0 Å². The summed E-state index contributed by atoms with van der Waals surface area (Å²) in [5.74, 6) is 0.201. The summed E-state index contributed by atoms with van der Waals surface area (Å²) in [7, 11) is 0. The molecule has 0 saturated carbocycles. The summed E-state index contributed by atoms with van der Waals surface area (Å²) in [4.78, 5) is 11.7. The van der Waals surface area contributed by atoms with Crippen LogP contribution in [0.2, 0.25) is 5.02 Å². The van der Waals surface area contributed by atoms with Gasteiger partial charge in [0.15, 0.2) is 6.61 Å². The standard InChI is InChI=1S/C15H10BrClI2N2O3/c16-11-4-9(17)1-2-13(11)24-7-14(22)21-20-6-8-3-10(18)5-12(19)15(8)23/h1-6,23H,7H2,(H,21,22)/b20-6+. The molecule has 0 aliphatic heterocycles. The fraction of sp³-hybridized carbons (Fsp3) is 0.0667. The third-order valence-corrected chi connectivity index (χ3v) is 5.00. The lowest BCUT2D eigenvalue weighted by molar-refractivity contribution is -0.123. The number of benzene rings is 2. The Kier molecular flexibility index (Phi) is 7.57. The van der Waals surface area contributed by atoms with Gasteiger partial charge in [0.1, 0.15) is 11.5 Å². The van der Waals surface area contributed by atoms with Crippen LogP contribution in [0, 0.1) is 7.14 Å². The minimum Gasteiger partial charge on any atom is -0.506 e. The molecule has 0 aliphatic carbocycles. The normalized spacial score (nSPS) is 10.8. The fourth-order valence-corrected chi connectivity index (χ4v) is 4.31. The lowest BCUT2D eigenvalue weighted by atomic mass is 10.2. The predicted molar refractivity (Wildman–Crippen MR) is 114 cm³/mol. The Hall–Kier alpha value is -0.590. The summed E-state index contributed by atoms with van der Waals surface area (Å²) in [6, 6.07) is 8.60. The van der Waals surface area contributed by atoms with Crippen LogP contribution in [0.4, 0.5) is 0 Å². The summed E-state index contributed by atoms with van der Waals surface area (Å²) in [6.07, 6.45) is 1.38. The van der Waals surface area contributed by atoms with Gasteiger partial charge in [-0.1, -0.05) is 11.6 Å². The predicted octanol–water partition coefficient (Wildman–Crippen LogP) is 4.55. The van der Waals surface area contributed by atoms with Crippen molar-refractivity contribution in [3.63, 3.8) is 0 Å². The van der Waals surface area contributed by atoms with E-state index < -0.39 is 5.91 Å². The molecule has 0 heterocycles. The molecule has 2 rings (SSSR count). The molecule has 1 amide bonds. The topological polar surface area (TPSA) is 70.9 Å². The first kappa shape index (κ1) is 19.7. The fourth-order valence-electron chi connectivity index (χ4n) is 1.63. The summed E-state index contributed by atoms with van der Waals surface area (Å²) in [5.41, 5.74) is 2.87. The second-order valence-corrected chi connectivity index (χ2v) is 8.18. The molecule has 0 atom stereocenters. The smallest absolute Gasteiger partial charge is 0.277 e. The zero-order valence-electron chi connectivity index (χ0n) is 11.9. The van der Waals surface area contributed by atoms with Gasteiger partial charge in [-0.25, -0.2) is 5.43 Å². The van der Waals surface area contributed by atoms with Crippen molar-refractivity contribution >= 4 is 84.8 Å². The van der Waals surface area contributed by atoms with Crippen LogP contribution in [0.1, 0.15) is 5.56 Å². The molecule has 0 aromatic heterocycles. The van der Waals surface area contributed by atoms with E-state index in [4.69, 9.17) is 16.3 Å². The number of nitrogens with zero attached hydrogens (tertiary/aromatic N) is 1. The van der Waals surface area contributed by atoms with Gasteiger partial charge in [0.05, 0.1) is 14.3 Å². The monoisotopic (exact) mass is 634 g/mol. The highest BCUT2D eigenvalue weighted by molar-refractivity contribution is 14.1. The van der Waals surface area contributed by atoms with Crippen LogP contribution in [-0.2, 0) is 4.79 Å². The maximum atomic E-state index is 11.7. The van der Waals surface area contributed by atoms with Crippen molar-refractivity contribution in [2.24, 2.45) is 5.10 Å². The Morgan fingerprint density at radius 2 is 2.12 bits per heavy atom. The van der Waals surface area contributed by atoms with Gasteiger partial charge in [-0.05, 0) is 91.4 Å². The Bertz CT molecular complexity index is 803. The van der Waals surface area contributed by atoms with Crippen LogP contribution >= 0.6 is 72.7 Å². The molecule has 5 nitrogen and oxygen atoms in total. The number of halogens is 4. The van der Waals surface area contributed by atoms with Crippen molar-refractivity contribution in [1.82, 2.24) is 5.43 Å². The summed E-state index contributed by atoms with van der Waals surface area (Å²) < 4.78 is 7.70. The first-order valence-corrected chi connectivity index (χ1v) is 9.77. The number of carbonyl (C=O) groups is 1. The van der Waals surface area contributed by atoms with E-state index >= 15 is 0 Å². The van der Waals surface area contributed by atoms with Crippen molar-refractivity contribution in [2.75, 3.05) is 6.61 Å². The highest BCUT2D eigenvalue weighted by atomic mass is 127. The Morgan fingerprint density at radius 1 is 1.38 bits per heavy atom. The number of amides is 1. The van der Waals surface area contributed by atoms with Crippen LogP contribution in [-0.4, -0.2) is 23.8 Å². The molecule has 0 unspecified atom stereocenters. The number of nitrogens with one attached hydrogen (secondary N) is 1. The third-order valence-electron chi connectivity index (χ3n) is 2.70. The number of carbonyl (C=O) groups excluding carboxylic acids is 1. The zero-order chi connectivity index (χ0) is 17.7. The lowest BCUT2D eigenvalue weighted by Gasteiger charge is -2.07. The largest absolute Gasteiger partial charge is 0.506 e. The highest BCUT2D eigenvalue weighted by Gasteiger charge is 2.07. The van der Waals surface area contributed by atoms with E-state index in [2.05, 4.69) is 49.0 Å². The van der Waals surface area contributed by atoms with Gasteiger partial charge in [-0.3, -0.25) is 4.79 Å². The van der Waals surface area contributed by atoms with Crippen LogP contribution in [0.15, 0.2) is 39.9 Å². The molecular formula is C15H10BrClI2N2O3. The van der Waals surface area contributed by atoms with Gasteiger partial charge in [0, 0.05) is 14.2 Å². The van der Waals surface area contributed by atoms with Crippen LogP contribution in [0.25, 0.3) is 0 Å². The Balaban J connectivity index is 1.91. The molecule has 24 heavy (non-hydrogen) atoms. The molecule has 126 valence electrons. The third kappa shape index (κ3) is 5.74. The van der Waals surface area contributed by atoms with E-state index in [1.165, 1.54) is 6.21 Å². The molecule has 0 bridgehead atoms. The van der Waals surface area contributed by atoms with E-state index in [1.807, 2.05) is 28.7 Å². The Labute approximate surface area is 179 Å². The summed E-state index contributed by atoms with van der Waals surface area (Å²) in [5, 5.41) is 14.3. The van der Waals surface area contributed by atoms with Gasteiger partial charge in [0.2, 0.25) is 0 Å². The number of hydrazone groups is 1. The van der Waals surface area contributed by atoms with Crippen LogP contribution < -0.4 is 10.2 Å². The van der Waals surface area contributed by atoms with Crippen molar-refractivity contribution in [3.8, 4) is 11.5 Å². The van der Waals surface area contributed by atoms with Gasteiger partial charge in [-0.2, -0.15) is 5.10 Å². The van der Waals surface area contributed by atoms with Gasteiger partial charge in [-0.15, -0.1) is 0 Å². The average Bonchev–Trinajstić information content (AvgIpc) is 2.51. The molecule has 2 aromatic carbocycles. The average molecular weight is 635 g/mol. The number of ether oxygens (including phenoxy) is 1. The number of phenols is 1.